The number of ether oxygens (including phenoxy) is 2. The molecule has 1 aliphatic rings. The fourth-order valence-corrected chi connectivity index (χ4v) is 2.42. The molecule has 100 valence electrons. The van der Waals surface area contributed by atoms with E-state index in [0.717, 1.165) is 19.4 Å². The van der Waals surface area contributed by atoms with E-state index in [-0.39, 0.29) is 23.2 Å². The quantitative estimate of drug-likeness (QED) is 0.895. The van der Waals surface area contributed by atoms with E-state index in [9.17, 15) is 4.39 Å². The number of hydrogen-bond donors (Lipinski definition) is 1. The first-order chi connectivity index (χ1) is 8.57. The van der Waals surface area contributed by atoms with Crippen LogP contribution in [0.25, 0.3) is 0 Å². The van der Waals surface area contributed by atoms with Crippen LogP contribution in [0.15, 0.2) is 18.2 Å². The maximum Gasteiger partial charge on any atom is 0.168 e. The monoisotopic (exact) mass is 253 g/mol. The lowest BCUT2D eigenvalue weighted by atomic mass is 9.89. The molecule has 1 fully saturated rings. The SMILES string of the molecule is COc1cccc(CC(N)C2(C)CCCO2)c1F. The maximum atomic E-state index is 14.0. The molecule has 18 heavy (non-hydrogen) atoms. The van der Waals surface area contributed by atoms with Gasteiger partial charge in [-0.15, -0.1) is 0 Å². The van der Waals surface area contributed by atoms with Crippen molar-refractivity contribution in [2.75, 3.05) is 13.7 Å². The molecular formula is C14H20FNO2. The Kier molecular flexibility index (Phi) is 3.88. The van der Waals surface area contributed by atoms with Gasteiger partial charge in [0.05, 0.1) is 12.7 Å². The molecule has 0 aromatic heterocycles. The molecule has 1 aromatic rings. The average molecular weight is 253 g/mol. The zero-order chi connectivity index (χ0) is 13.2. The molecule has 0 saturated carbocycles. The summed E-state index contributed by atoms with van der Waals surface area (Å²) in [5.41, 5.74) is 6.42. The van der Waals surface area contributed by atoms with Crippen LogP contribution in [0.2, 0.25) is 0 Å². The van der Waals surface area contributed by atoms with Gasteiger partial charge >= 0.3 is 0 Å². The Morgan fingerprint density at radius 2 is 2.33 bits per heavy atom. The summed E-state index contributed by atoms with van der Waals surface area (Å²) in [6, 6.07) is 4.93. The summed E-state index contributed by atoms with van der Waals surface area (Å²) in [6.45, 7) is 2.74. The molecule has 0 bridgehead atoms. The van der Waals surface area contributed by atoms with Gasteiger partial charge in [-0.1, -0.05) is 12.1 Å². The van der Waals surface area contributed by atoms with Crippen molar-refractivity contribution in [1.82, 2.24) is 0 Å². The van der Waals surface area contributed by atoms with Crippen LogP contribution in [-0.4, -0.2) is 25.4 Å². The summed E-state index contributed by atoms with van der Waals surface area (Å²) in [6.07, 6.45) is 2.41. The van der Waals surface area contributed by atoms with E-state index in [4.69, 9.17) is 15.2 Å². The van der Waals surface area contributed by atoms with E-state index in [1.807, 2.05) is 6.92 Å². The van der Waals surface area contributed by atoms with Gasteiger partial charge in [0, 0.05) is 12.6 Å². The van der Waals surface area contributed by atoms with Crippen molar-refractivity contribution in [3.8, 4) is 5.75 Å². The lowest BCUT2D eigenvalue weighted by molar-refractivity contribution is -0.00109. The third-order valence-electron chi connectivity index (χ3n) is 3.74. The summed E-state index contributed by atoms with van der Waals surface area (Å²) in [5, 5.41) is 0. The second-order valence-electron chi connectivity index (χ2n) is 5.01. The van der Waals surface area contributed by atoms with Crippen molar-refractivity contribution in [2.24, 2.45) is 5.73 Å². The molecule has 0 radical (unpaired) electrons. The van der Waals surface area contributed by atoms with Gasteiger partial charge in [-0.3, -0.25) is 0 Å². The minimum Gasteiger partial charge on any atom is -0.494 e. The van der Waals surface area contributed by atoms with Gasteiger partial charge in [0.15, 0.2) is 11.6 Å². The molecule has 0 aliphatic carbocycles. The number of rotatable bonds is 4. The summed E-state index contributed by atoms with van der Waals surface area (Å²) < 4.78 is 24.7. The summed E-state index contributed by atoms with van der Waals surface area (Å²) in [5.74, 6) is -0.0609. The van der Waals surface area contributed by atoms with Crippen LogP contribution >= 0.6 is 0 Å². The summed E-state index contributed by atoms with van der Waals surface area (Å²) >= 11 is 0. The van der Waals surface area contributed by atoms with Gasteiger partial charge in [-0.05, 0) is 37.8 Å². The van der Waals surface area contributed by atoms with Gasteiger partial charge in [0.1, 0.15) is 0 Å². The van der Waals surface area contributed by atoms with Crippen LogP contribution in [0.3, 0.4) is 0 Å². The topological polar surface area (TPSA) is 44.5 Å². The molecular weight excluding hydrogens is 233 g/mol. The molecule has 2 atom stereocenters. The van der Waals surface area contributed by atoms with Crippen molar-refractivity contribution >= 4 is 0 Å². The van der Waals surface area contributed by atoms with Gasteiger partial charge in [0.2, 0.25) is 0 Å². The van der Waals surface area contributed by atoms with Gasteiger partial charge in [0.25, 0.3) is 0 Å². The second-order valence-corrected chi connectivity index (χ2v) is 5.01. The Bertz CT molecular complexity index is 416. The number of halogens is 1. The lowest BCUT2D eigenvalue weighted by Crippen LogP contribution is -2.46. The molecule has 1 saturated heterocycles. The van der Waals surface area contributed by atoms with E-state index >= 15 is 0 Å². The molecule has 0 spiro atoms. The zero-order valence-electron chi connectivity index (χ0n) is 10.9. The molecule has 2 unspecified atom stereocenters. The molecule has 4 heteroatoms. The first kappa shape index (κ1) is 13.3. The lowest BCUT2D eigenvalue weighted by Gasteiger charge is -2.30. The van der Waals surface area contributed by atoms with Crippen molar-refractivity contribution in [2.45, 2.75) is 37.8 Å². The Hall–Kier alpha value is -1.13. The number of methoxy groups -OCH3 is 1. The largest absolute Gasteiger partial charge is 0.494 e. The van der Waals surface area contributed by atoms with E-state index in [0.29, 0.717) is 12.0 Å². The summed E-state index contributed by atoms with van der Waals surface area (Å²) in [7, 11) is 1.46. The molecule has 2 N–H and O–H groups in total. The fraction of sp³-hybridized carbons (Fsp3) is 0.571. The van der Waals surface area contributed by atoms with Crippen LogP contribution in [0, 0.1) is 5.82 Å². The highest BCUT2D eigenvalue weighted by Gasteiger charge is 2.36. The van der Waals surface area contributed by atoms with Crippen molar-refractivity contribution < 1.29 is 13.9 Å². The molecule has 3 nitrogen and oxygen atoms in total. The smallest absolute Gasteiger partial charge is 0.168 e. The van der Waals surface area contributed by atoms with Gasteiger partial charge in [-0.2, -0.15) is 0 Å². The zero-order valence-corrected chi connectivity index (χ0v) is 10.9. The highest BCUT2D eigenvalue weighted by molar-refractivity contribution is 5.31. The molecule has 0 amide bonds. The molecule has 1 aliphatic heterocycles. The van der Waals surface area contributed by atoms with Crippen molar-refractivity contribution in [1.29, 1.82) is 0 Å². The maximum absolute atomic E-state index is 14.0. The third kappa shape index (κ3) is 2.49. The predicted octanol–water partition coefficient (Wildman–Crippen LogP) is 2.27. The molecule has 1 heterocycles. The minimum atomic E-state index is -0.338. The van der Waals surface area contributed by atoms with Crippen LogP contribution < -0.4 is 10.5 Å². The van der Waals surface area contributed by atoms with E-state index in [2.05, 4.69) is 0 Å². The highest BCUT2D eigenvalue weighted by Crippen LogP contribution is 2.30. The standard InChI is InChI=1S/C14H20FNO2/c1-14(7-4-8-18-14)12(16)9-10-5-3-6-11(17-2)13(10)15/h3,5-6,12H,4,7-9,16H2,1-2H3. The number of nitrogens with two attached hydrogens (primary N) is 1. The fourth-order valence-electron chi connectivity index (χ4n) is 2.42. The van der Waals surface area contributed by atoms with Gasteiger partial charge in [-0.25, -0.2) is 4.39 Å². The van der Waals surface area contributed by atoms with Gasteiger partial charge < -0.3 is 15.2 Å². The van der Waals surface area contributed by atoms with E-state index < -0.39 is 0 Å². The predicted molar refractivity (Wildman–Crippen MR) is 68.2 cm³/mol. The Morgan fingerprint density at radius 3 is 2.94 bits per heavy atom. The Morgan fingerprint density at radius 1 is 1.56 bits per heavy atom. The first-order valence-electron chi connectivity index (χ1n) is 6.28. The van der Waals surface area contributed by atoms with Crippen LogP contribution in [0.4, 0.5) is 4.39 Å². The van der Waals surface area contributed by atoms with Crippen LogP contribution in [-0.2, 0) is 11.2 Å². The number of hydrogen-bond acceptors (Lipinski definition) is 3. The van der Waals surface area contributed by atoms with Crippen molar-refractivity contribution in [3.05, 3.63) is 29.6 Å². The summed E-state index contributed by atoms with van der Waals surface area (Å²) in [4.78, 5) is 0. The van der Waals surface area contributed by atoms with Crippen LogP contribution in [0.1, 0.15) is 25.3 Å². The second kappa shape index (κ2) is 5.24. The minimum absolute atomic E-state index is 0.207. The first-order valence-corrected chi connectivity index (χ1v) is 6.28. The molecule has 1 aromatic carbocycles. The number of benzene rings is 1. The Labute approximate surface area is 107 Å². The Balaban J connectivity index is 2.14. The third-order valence-corrected chi connectivity index (χ3v) is 3.74. The van der Waals surface area contributed by atoms with Crippen LogP contribution in [0.5, 0.6) is 5.75 Å². The highest BCUT2D eigenvalue weighted by atomic mass is 19.1. The average Bonchev–Trinajstić information content (AvgIpc) is 2.80. The van der Waals surface area contributed by atoms with E-state index in [1.54, 1.807) is 18.2 Å². The van der Waals surface area contributed by atoms with E-state index in [1.165, 1.54) is 7.11 Å². The molecule has 2 rings (SSSR count). The van der Waals surface area contributed by atoms with Crippen molar-refractivity contribution in [3.63, 3.8) is 0 Å². The normalized spacial score (nSPS) is 25.1.